The quantitative estimate of drug-likeness (QED) is 0.760. The second-order valence-corrected chi connectivity index (χ2v) is 3.75. The van der Waals surface area contributed by atoms with Gasteiger partial charge in [-0.3, -0.25) is 0 Å². The van der Waals surface area contributed by atoms with Crippen LogP contribution in [0.2, 0.25) is 0 Å². The molecular formula is C14H14O3. The predicted molar refractivity (Wildman–Crippen MR) is 65.7 cm³/mol. The van der Waals surface area contributed by atoms with Crippen LogP contribution in [-0.4, -0.2) is 20.2 Å². The molecule has 0 bridgehead atoms. The van der Waals surface area contributed by atoms with Gasteiger partial charge in [-0.2, -0.15) is 0 Å². The van der Waals surface area contributed by atoms with Gasteiger partial charge in [0.25, 0.3) is 0 Å². The van der Waals surface area contributed by atoms with Crippen molar-refractivity contribution in [2.45, 2.75) is 6.10 Å². The second kappa shape index (κ2) is 4.97. The summed E-state index contributed by atoms with van der Waals surface area (Å²) in [6.45, 7) is 0. The fraction of sp³-hybridized carbons (Fsp3) is 0.214. The zero-order valence-electron chi connectivity index (χ0n) is 9.84. The van der Waals surface area contributed by atoms with Gasteiger partial charge in [0, 0.05) is 7.11 Å². The Balaban J connectivity index is 2.44. The van der Waals surface area contributed by atoms with E-state index in [1.165, 1.54) is 14.2 Å². The van der Waals surface area contributed by atoms with Crippen LogP contribution in [0.15, 0.2) is 42.5 Å². The minimum Gasteiger partial charge on any atom is -0.467 e. The Morgan fingerprint density at radius 1 is 1.06 bits per heavy atom. The van der Waals surface area contributed by atoms with Crippen LogP contribution in [0.3, 0.4) is 0 Å². The summed E-state index contributed by atoms with van der Waals surface area (Å²) in [5.74, 6) is -0.386. The van der Waals surface area contributed by atoms with Crippen molar-refractivity contribution in [1.82, 2.24) is 0 Å². The molecule has 2 aromatic rings. The van der Waals surface area contributed by atoms with Gasteiger partial charge in [0.15, 0.2) is 6.10 Å². The number of hydrogen-bond donors (Lipinski definition) is 0. The van der Waals surface area contributed by atoms with Crippen LogP contribution in [0.4, 0.5) is 0 Å². The van der Waals surface area contributed by atoms with Gasteiger partial charge in [0.05, 0.1) is 7.11 Å². The fourth-order valence-corrected chi connectivity index (χ4v) is 1.85. The minimum atomic E-state index is -0.662. The van der Waals surface area contributed by atoms with Crippen LogP contribution in [0, 0.1) is 0 Å². The van der Waals surface area contributed by atoms with Gasteiger partial charge in [-0.05, 0) is 22.4 Å². The van der Waals surface area contributed by atoms with E-state index in [9.17, 15) is 4.79 Å². The van der Waals surface area contributed by atoms with Crippen LogP contribution in [0.1, 0.15) is 11.7 Å². The van der Waals surface area contributed by atoms with Crippen molar-refractivity contribution in [2.75, 3.05) is 14.2 Å². The standard InChI is InChI=1S/C14H14O3/c1-16-13(14(15)17-2)12-8-7-10-5-3-4-6-11(10)9-12/h3-9,13H,1-2H3/t13-/m0/s1. The molecule has 1 atom stereocenters. The van der Waals surface area contributed by atoms with Crippen LogP contribution in [0.25, 0.3) is 10.8 Å². The predicted octanol–water partition coefficient (Wildman–Crippen LogP) is 2.70. The normalized spacial score (nSPS) is 12.4. The van der Waals surface area contributed by atoms with Gasteiger partial charge in [-0.15, -0.1) is 0 Å². The zero-order chi connectivity index (χ0) is 12.3. The molecule has 17 heavy (non-hydrogen) atoms. The third-order valence-electron chi connectivity index (χ3n) is 2.73. The molecule has 0 saturated heterocycles. The Morgan fingerprint density at radius 3 is 2.41 bits per heavy atom. The van der Waals surface area contributed by atoms with Crippen molar-refractivity contribution in [3.05, 3.63) is 48.0 Å². The van der Waals surface area contributed by atoms with Crippen molar-refractivity contribution in [1.29, 1.82) is 0 Å². The van der Waals surface area contributed by atoms with Gasteiger partial charge < -0.3 is 9.47 Å². The van der Waals surface area contributed by atoms with Crippen molar-refractivity contribution < 1.29 is 14.3 Å². The summed E-state index contributed by atoms with van der Waals surface area (Å²) in [5.41, 5.74) is 0.804. The largest absolute Gasteiger partial charge is 0.467 e. The molecule has 0 saturated carbocycles. The van der Waals surface area contributed by atoms with Gasteiger partial charge in [0.2, 0.25) is 0 Å². The molecule has 0 amide bonds. The first-order valence-corrected chi connectivity index (χ1v) is 5.35. The number of fused-ring (bicyclic) bond motifs is 1. The highest BCUT2D eigenvalue weighted by Crippen LogP contribution is 2.23. The highest BCUT2D eigenvalue weighted by atomic mass is 16.6. The first kappa shape index (κ1) is 11.6. The van der Waals surface area contributed by atoms with E-state index in [-0.39, 0.29) is 5.97 Å². The number of ether oxygens (including phenoxy) is 2. The van der Waals surface area contributed by atoms with E-state index in [1.54, 1.807) is 0 Å². The molecule has 0 aliphatic carbocycles. The molecule has 88 valence electrons. The fourth-order valence-electron chi connectivity index (χ4n) is 1.85. The first-order chi connectivity index (χ1) is 8.26. The highest BCUT2D eigenvalue weighted by molar-refractivity contribution is 5.85. The van der Waals surface area contributed by atoms with Gasteiger partial charge >= 0.3 is 5.97 Å². The monoisotopic (exact) mass is 230 g/mol. The molecule has 0 aliphatic heterocycles. The minimum absolute atomic E-state index is 0.386. The lowest BCUT2D eigenvalue weighted by Gasteiger charge is -2.13. The number of carbonyl (C=O) groups is 1. The third kappa shape index (κ3) is 2.29. The summed E-state index contributed by atoms with van der Waals surface area (Å²) < 4.78 is 9.87. The number of benzene rings is 2. The molecule has 0 fully saturated rings. The van der Waals surface area contributed by atoms with Crippen LogP contribution in [-0.2, 0) is 14.3 Å². The number of esters is 1. The summed E-state index contributed by atoms with van der Waals surface area (Å²) >= 11 is 0. The molecule has 0 unspecified atom stereocenters. The summed E-state index contributed by atoms with van der Waals surface area (Å²) in [7, 11) is 2.85. The van der Waals surface area contributed by atoms with E-state index in [0.29, 0.717) is 0 Å². The molecule has 0 aromatic heterocycles. The molecule has 3 heteroatoms. The average Bonchev–Trinajstić information content (AvgIpc) is 2.39. The SMILES string of the molecule is COC(=O)[C@@H](OC)c1ccc2ccccc2c1. The van der Waals surface area contributed by atoms with Crippen molar-refractivity contribution in [3.63, 3.8) is 0 Å². The van der Waals surface area contributed by atoms with E-state index in [0.717, 1.165) is 16.3 Å². The van der Waals surface area contributed by atoms with Gasteiger partial charge in [-0.25, -0.2) is 4.79 Å². The third-order valence-corrected chi connectivity index (χ3v) is 2.73. The van der Waals surface area contributed by atoms with Crippen LogP contribution < -0.4 is 0 Å². The smallest absolute Gasteiger partial charge is 0.339 e. The molecule has 0 heterocycles. The summed E-state index contributed by atoms with van der Waals surface area (Å²) in [6, 6.07) is 13.8. The Bertz CT molecular complexity index is 534. The molecule has 0 radical (unpaired) electrons. The maximum absolute atomic E-state index is 11.5. The lowest BCUT2D eigenvalue weighted by molar-refractivity contribution is -0.152. The van der Waals surface area contributed by atoms with Gasteiger partial charge in [-0.1, -0.05) is 36.4 Å². The summed E-state index contributed by atoms with van der Waals surface area (Å²) in [4.78, 5) is 11.5. The molecule has 0 aliphatic rings. The number of hydrogen-bond acceptors (Lipinski definition) is 3. The molecule has 0 spiro atoms. The highest BCUT2D eigenvalue weighted by Gasteiger charge is 2.20. The summed E-state index contributed by atoms with van der Waals surface area (Å²) in [5, 5.41) is 2.21. The van der Waals surface area contributed by atoms with E-state index >= 15 is 0 Å². The van der Waals surface area contributed by atoms with E-state index in [2.05, 4.69) is 0 Å². The van der Waals surface area contributed by atoms with Gasteiger partial charge in [0.1, 0.15) is 0 Å². The average molecular weight is 230 g/mol. The van der Waals surface area contributed by atoms with E-state index < -0.39 is 6.10 Å². The molecule has 0 N–H and O–H groups in total. The Hall–Kier alpha value is -1.87. The zero-order valence-corrected chi connectivity index (χ0v) is 9.84. The summed E-state index contributed by atoms with van der Waals surface area (Å²) in [6.07, 6.45) is -0.662. The molecular weight excluding hydrogens is 216 g/mol. The molecule has 2 aromatic carbocycles. The number of methoxy groups -OCH3 is 2. The molecule has 2 rings (SSSR count). The second-order valence-electron chi connectivity index (χ2n) is 3.75. The lowest BCUT2D eigenvalue weighted by Crippen LogP contribution is -2.15. The topological polar surface area (TPSA) is 35.5 Å². The maximum atomic E-state index is 11.5. The number of carbonyl (C=O) groups excluding carboxylic acids is 1. The number of rotatable bonds is 3. The Morgan fingerprint density at radius 2 is 1.76 bits per heavy atom. The Labute approximate surface area is 100.0 Å². The van der Waals surface area contributed by atoms with Crippen molar-refractivity contribution in [3.8, 4) is 0 Å². The van der Waals surface area contributed by atoms with Crippen LogP contribution >= 0.6 is 0 Å². The van der Waals surface area contributed by atoms with E-state index in [1.807, 2.05) is 42.5 Å². The molecule has 3 nitrogen and oxygen atoms in total. The van der Waals surface area contributed by atoms with Crippen LogP contribution in [0.5, 0.6) is 0 Å². The van der Waals surface area contributed by atoms with Crippen molar-refractivity contribution in [2.24, 2.45) is 0 Å². The van der Waals surface area contributed by atoms with Crippen molar-refractivity contribution >= 4 is 16.7 Å². The van der Waals surface area contributed by atoms with E-state index in [4.69, 9.17) is 9.47 Å². The Kier molecular flexibility index (Phi) is 3.40. The maximum Gasteiger partial charge on any atom is 0.339 e. The first-order valence-electron chi connectivity index (χ1n) is 5.35. The lowest BCUT2D eigenvalue weighted by atomic mass is 10.0.